The van der Waals surface area contributed by atoms with Gasteiger partial charge < -0.3 is 14.2 Å². The molecule has 0 radical (unpaired) electrons. The van der Waals surface area contributed by atoms with E-state index in [2.05, 4.69) is 0 Å². The van der Waals surface area contributed by atoms with Crippen molar-refractivity contribution < 1.29 is 19.0 Å². The number of cyclic esters (lactones) is 1. The molecular weight excluding hydrogens is 208 g/mol. The molecule has 0 saturated heterocycles. The van der Waals surface area contributed by atoms with Crippen molar-refractivity contribution in [2.75, 3.05) is 14.2 Å². The number of ether oxygens (including phenoxy) is 3. The van der Waals surface area contributed by atoms with Gasteiger partial charge in [0.1, 0.15) is 23.7 Å². The summed E-state index contributed by atoms with van der Waals surface area (Å²) in [5.41, 5.74) is 2.28. The molecule has 2 rings (SSSR count). The van der Waals surface area contributed by atoms with E-state index in [1.807, 2.05) is 13.0 Å². The van der Waals surface area contributed by atoms with Crippen molar-refractivity contribution in [1.29, 1.82) is 0 Å². The SMILES string of the molecule is CCc1c(OC)cc2c(c1OC)C(=O)OC2. The van der Waals surface area contributed by atoms with Crippen LogP contribution in [0.3, 0.4) is 0 Å². The van der Waals surface area contributed by atoms with Crippen LogP contribution in [0.2, 0.25) is 0 Å². The fourth-order valence-electron chi connectivity index (χ4n) is 2.02. The van der Waals surface area contributed by atoms with Gasteiger partial charge in [-0.05, 0) is 12.5 Å². The number of rotatable bonds is 3. The maximum atomic E-state index is 11.6. The first-order valence-electron chi connectivity index (χ1n) is 5.16. The molecule has 0 amide bonds. The van der Waals surface area contributed by atoms with Gasteiger partial charge in [0.2, 0.25) is 0 Å². The number of methoxy groups -OCH3 is 2. The van der Waals surface area contributed by atoms with Gasteiger partial charge in [0, 0.05) is 11.1 Å². The Morgan fingerprint density at radius 1 is 1.38 bits per heavy atom. The fraction of sp³-hybridized carbons (Fsp3) is 0.417. The van der Waals surface area contributed by atoms with Crippen LogP contribution >= 0.6 is 0 Å². The van der Waals surface area contributed by atoms with E-state index in [0.717, 1.165) is 23.3 Å². The second-order valence-electron chi connectivity index (χ2n) is 3.55. The van der Waals surface area contributed by atoms with Gasteiger partial charge in [-0.25, -0.2) is 4.79 Å². The monoisotopic (exact) mass is 222 g/mol. The minimum absolute atomic E-state index is 0.297. The topological polar surface area (TPSA) is 44.8 Å². The maximum Gasteiger partial charge on any atom is 0.342 e. The number of hydrogen-bond donors (Lipinski definition) is 0. The molecule has 0 spiro atoms. The molecule has 0 fully saturated rings. The first-order chi connectivity index (χ1) is 7.72. The first kappa shape index (κ1) is 10.8. The molecule has 1 aliphatic heterocycles. The van der Waals surface area contributed by atoms with Crippen LogP contribution in [-0.4, -0.2) is 20.2 Å². The first-order valence-corrected chi connectivity index (χ1v) is 5.16. The highest BCUT2D eigenvalue weighted by molar-refractivity contribution is 5.97. The summed E-state index contributed by atoms with van der Waals surface area (Å²) in [6.45, 7) is 2.29. The minimum atomic E-state index is -0.316. The van der Waals surface area contributed by atoms with Crippen LogP contribution in [0, 0.1) is 0 Å². The number of carbonyl (C=O) groups is 1. The highest BCUT2D eigenvalue weighted by Crippen LogP contribution is 2.38. The van der Waals surface area contributed by atoms with E-state index >= 15 is 0 Å². The third kappa shape index (κ3) is 1.41. The van der Waals surface area contributed by atoms with E-state index in [1.54, 1.807) is 14.2 Å². The maximum absolute atomic E-state index is 11.6. The van der Waals surface area contributed by atoms with Crippen molar-refractivity contribution in [2.45, 2.75) is 20.0 Å². The number of esters is 1. The summed E-state index contributed by atoms with van der Waals surface area (Å²) < 4.78 is 15.6. The summed E-state index contributed by atoms with van der Waals surface area (Å²) in [5.74, 6) is 1.01. The van der Waals surface area contributed by atoms with E-state index in [0.29, 0.717) is 17.9 Å². The summed E-state index contributed by atoms with van der Waals surface area (Å²) in [7, 11) is 3.16. The fourth-order valence-corrected chi connectivity index (χ4v) is 2.02. The van der Waals surface area contributed by atoms with E-state index < -0.39 is 0 Å². The van der Waals surface area contributed by atoms with E-state index in [1.165, 1.54) is 0 Å². The standard InChI is InChI=1S/C12H14O4/c1-4-8-9(14-2)5-7-6-16-12(13)10(7)11(8)15-3/h5H,4,6H2,1-3H3. The number of benzene rings is 1. The van der Waals surface area contributed by atoms with Crippen molar-refractivity contribution in [1.82, 2.24) is 0 Å². The second-order valence-corrected chi connectivity index (χ2v) is 3.55. The molecule has 16 heavy (non-hydrogen) atoms. The normalized spacial score (nSPS) is 13.3. The summed E-state index contributed by atoms with van der Waals surface area (Å²) >= 11 is 0. The molecule has 1 aliphatic rings. The lowest BCUT2D eigenvalue weighted by atomic mass is 10.0. The third-order valence-electron chi connectivity index (χ3n) is 2.77. The highest BCUT2D eigenvalue weighted by Gasteiger charge is 2.29. The Kier molecular flexibility index (Phi) is 2.73. The van der Waals surface area contributed by atoms with Crippen LogP contribution in [0.1, 0.15) is 28.4 Å². The Hall–Kier alpha value is -1.71. The van der Waals surface area contributed by atoms with Crippen molar-refractivity contribution in [3.8, 4) is 11.5 Å². The Balaban J connectivity index is 2.70. The molecule has 0 unspecified atom stereocenters. The molecular formula is C12H14O4. The van der Waals surface area contributed by atoms with Gasteiger partial charge in [-0.2, -0.15) is 0 Å². The predicted molar refractivity (Wildman–Crippen MR) is 58.0 cm³/mol. The highest BCUT2D eigenvalue weighted by atomic mass is 16.5. The number of hydrogen-bond acceptors (Lipinski definition) is 4. The molecule has 0 saturated carbocycles. The summed E-state index contributed by atoms with van der Waals surface area (Å²) in [5, 5.41) is 0. The average Bonchev–Trinajstić information content (AvgIpc) is 2.68. The summed E-state index contributed by atoms with van der Waals surface area (Å²) in [6, 6.07) is 1.85. The molecule has 4 nitrogen and oxygen atoms in total. The van der Waals surface area contributed by atoms with Gasteiger partial charge in [-0.15, -0.1) is 0 Å². The summed E-state index contributed by atoms with van der Waals surface area (Å²) in [4.78, 5) is 11.6. The Labute approximate surface area is 94.1 Å². The average molecular weight is 222 g/mol. The zero-order chi connectivity index (χ0) is 11.7. The van der Waals surface area contributed by atoms with Gasteiger partial charge in [0.05, 0.1) is 14.2 Å². The third-order valence-corrected chi connectivity index (χ3v) is 2.77. The Morgan fingerprint density at radius 2 is 2.12 bits per heavy atom. The lowest BCUT2D eigenvalue weighted by Gasteiger charge is -2.14. The smallest absolute Gasteiger partial charge is 0.342 e. The zero-order valence-electron chi connectivity index (χ0n) is 9.62. The number of fused-ring (bicyclic) bond motifs is 1. The Bertz CT molecular complexity index is 437. The van der Waals surface area contributed by atoms with Crippen LogP contribution < -0.4 is 9.47 Å². The van der Waals surface area contributed by atoms with Crippen LogP contribution in [0.15, 0.2) is 6.07 Å². The molecule has 4 heteroatoms. The molecule has 1 aromatic carbocycles. The lowest BCUT2D eigenvalue weighted by Crippen LogP contribution is -2.03. The lowest BCUT2D eigenvalue weighted by molar-refractivity contribution is 0.0533. The van der Waals surface area contributed by atoms with Gasteiger partial charge in [0.15, 0.2) is 0 Å². The molecule has 1 heterocycles. The van der Waals surface area contributed by atoms with Crippen LogP contribution in [0.5, 0.6) is 11.5 Å². The van der Waals surface area contributed by atoms with Crippen LogP contribution in [0.4, 0.5) is 0 Å². The molecule has 0 aromatic heterocycles. The van der Waals surface area contributed by atoms with Gasteiger partial charge in [-0.3, -0.25) is 0 Å². The van der Waals surface area contributed by atoms with Crippen molar-refractivity contribution >= 4 is 5.97 Å². The van der Waals surface area contributed by atoms with Crippen molar-refractivity contribution in [3.05, 3.63) is 22.8 Å². The van der Waals surface area contributed by atoms with Gasteiger partial charge in [-0.1, -0.05) is 6.92 Å². The largest absolute Gasteiger partial charge is 0.496 e. The minimum Gasteiger partial charge on any atom is -0.496 e. The van der Waals surface area contributed by atoms with Gasteiger partial charge in [0.25, 0.3) is 0 Å². The summed E-state index contributed by atoms with van der Waals surface area (Å²) in [6.07, 6.45) is 0.743. The molecule has 1 aromatic rings. The number of carbonyl (C=O) groups excluding carboxylic acids is 1. The predicted octanol–water partition coefficient (Wildman–Crippen LogP) is 1.94. The quantitative estimate of drug-likeness (QED) is 0.733. The molecule has 86 valence electrons. The van der Waals surface area contributed by atoms with Crippen LogP contribution in [0.25, 0.3) is 0 Å². The van der Waals surface area contributed by atoms with Gasteiger partial charge >= 0.3 is 5.97 Å². The Morgan fingerprint density at radius 3 is 2.69 bits per heavy atom. The van der Waals surface area contributed by atoms with Crippen LogP contribution in [-0.2, 0) is 17.8 Å². The van der Waals surface area contributed by atoms with Crippen molar-refractivity contribution in [3.63, 3.8) is 0 Å². The molecule has 0 N–H and O–H groups in total. The van der Waals surface area contributed by atoms with Crippen molar-refractivity contribution in [2.24, 2.45) is 0 Å². The zero-order valence-corrected chi connectivity index (χ0v) is 9.62. The molecule has 0 bridgehead atoms. The van der Waals surface area contributed by atoms with E-state index in [9.17, 15) is 4.79 Å². The second kappa shape index (κ2) is 4.04. The molecule has 0 atom stereocenters. The van der Waals surface area contributed by atoms with E-state index in [4.69, 9.17) is 14.2 Å². The molecule has 0 aliphatic carbocycles. The van der Waals surface area contributed by atoms with E-state index in [-0.39, 0.29) is 5.97 Å².